The fourth-order valence-electron chi connectivity index (χ4n) is 1.06. The minimum atomic E-state index is -0.476. The third-order valence-corrected chi connectivity index (χ3v) is 3.43. The van der Waals surface area contributed by atoms with Crippen LogP contribution in [0.25, 0.3) is 0 Å². The van der Waals surface area contributed by atoms with Gasteiger partial charge in [0.1, 0.15) is 5.82 Å². The van der Waals surface area contributed by atoms with E-state index in [4.69, 9.17) is 11.6 Å². The van der Waals surface area contributed by atoms with Crippen molar-refractivity contribution in [3.63, 3.8) is 0 Å². The molecule has 0 radical (unpaired) electrons. The number of carbonyl (C=O) groups is 1. The van der Waals surface area contributed by atoms with Gasteiger partial charge in [0.05, 0.1) is 4.47 Å². The molecule has 8 heteroatoms. The largest absolute Gasteiger partial charge is 0.320 e. The van der Waals surface area contributed by atoms with E-state index in [1.807, 2.05) is 0 Å². The van der Waals surface area contributed by atoms with Crippen molar-refractivity contribution in [2.75, 3.05) is 5.32 Å². The molecule has 0 aliphatic carbocycles. The maximum absolute atomic E-state index is 13.2. The lowest BCUT2D eigenvalue weighted by molar-refractivity contribution is 0.102. The van der Waals surface area contributed by atoms with E-state index in [1.165, 1.54) is 12.1 Å². The predicted octanol–water partition coefficient (Wildman–Crippen LogP) is 3.35. The third kappa shape index (κ3) is 2.99. The van der Waals surface area contributed by atoms with Crippen LogP contribution in [0.15, 0.2) is 22.7 Å². The molecule has 1 N–H and O–H groups in total. The number of halogens is 3. The summed E-state index contributed by atoms with van der Waals surface area (Å²) in [7, 11) is 0. The zero-order chi connectivity index (χ0) is 12.4. The summed E-state index contributed by atoms with van der Waals surface area (Å²) in [5.74, 6) is -0.936. The highest BCUT2D eigenvalue weighted by molar-refractivity contribution is 9.10. The van der Waals surface area contributed by atoms with Gasteiger partial charge in [-0.15, -0.1) is 10.2 Å². The molecule has 1 aromatic heterocycles. The molecule has 2 rings (SSSR count). The number of aromatic nitrogens is 2. The van der Waals surface area contributed by atoms with E-state index in [-0.39, 0.29) is 9.47 Å². The van der Waals surface area contributed by atoms with Gasteiger partial charge in [0.15, 0.2) is 0 Å². The maximum Gasteiger partial charge on any atom is 0.286 e. The second-order valence-electron chi connectivity index (χ2n) is 2.94. The number of benzene rings is 1. The number of nitrogens with one attached hydrogen (secondary N) is 1. The van der Waals surface area contributed by atoms with Crippen molar-refractivity contribution in [1.29, 1.82) is 0 Å². The number of hydrogen-bond acceptors (Lipinski definition) is 4. The summed E-state index contributed by atoms with van der Waals surface area (Å²) in [4.78, 5) is 11.6. The number of anilines is 1. The van der Waals surface area contributed by atoms with E-state index < -0.39 is 11.7 Å². The van der Waals surface area contributed by atoms with Crippen LogP contribution in [0.5, 0.6) is 0 Å². The minimum Gasteiger partial charge on any atom is -0.320 e. The first-order valence-electron chi connectivity index (χ1n) is 4.31. The van der Waals surface area contributed by atoms with E-state index in [0.717, 1.165) is 11.3 Å². The molecule has 0 atom stereocenters. The topological polar surface area (TPSA) is 54.9 Å². The van der Waals surface area contributed by atoms with Gasteiger partial charge in [0, 0.05) is 5.69 Å². The standard InChI is InChI=1S/C9H4BrClFN3OS/c10-5-2-1-4(3-6(5)12)13-7(16)8-14-15-9(11)17-8/h1-3H,(H,13,16). The second-order valence-corrected chi connectivity index (χ2v) is 5.36. The highest BCUT2D eigenvalue weighted by atomic mass is 79.9. The van der Waals surface area contributed by atoms with Crippen LogP contribution >= 0.6 is 38.9 Å². The molecule has 4 nitrogen and oxygen atoms in total. The van der Waals surface area contributed by atoms with Gasteiger partial charge in [-0.3, -0.25) is 4.79 Å². The summed E-state index contributed by atoms with van der Waals surface area (Å²) in [6.45, 7) is 0. The molecule has 0 fully saturated rings. The van der Waals surface area contributed by atoms with Crippen molar-refractivity contribution in [3.05, 3.63) is 38.0 Å². The molecule has 0 spiro atoms. The van der Waals surface area contributed by atoms with Gasteiger partial charge in [0.2, 0.25) is 9.47 Å². The van der Waals surface area contributed by atoms with Crippen LogP contribution in [0, 0.1) is 5.82 Å². The molecule has 2 aromatic rings. The minimum absolute atomic E-state index is 0.123. The van der Waals surface area contributed by atoms with Gasteiger partial charge >= 0.3 is 0 Å². The van der Waals surface area contributed by atoms with Crippen LogP contribution in [0.2, 0.25) is 4.47 Å². The number of hydrogen-bond donors (Lipinski definition) is 1. The molecule has 0 saturated carbocycles. The Bertz CT molecular complexity index is 577. The molecular weight excluding hydrogens is 333 g/mol. The Labute approximate surface area is 113 Å². The normalized spacial score (nSPS) is 10.3. The molecular formula is C9H4BrClFN3OS. The molecule has 1 aromatic carbocycles. The predicted molar refractivity (Wildman–Crippen MR) is 67.0 cm³/mol. The quantitative estimate of drug-likeness (QED) is 0.915. The Morgan fingerprint density at radius 3 is 2.82 bits per heavy atom. The Morgan fingerprint density at radius 1 is 1.47 bits per heavy atom. The molecule has 17 heavy (non-hydrogen) atoms. The fourth-order valence-corrected chi connectivity index (χ4v) is 2.03. The zero-order valence-electron chi connectivity index (χ0n) is 8.08. The monoisotopic (exact) mass is 335 g/mol. The number of rotatable bonds is 2. The molecule has 0 aliphatic heterocycles. The van der Waals surface area contributed by atoms with Gasteiger partial charge in [-0.2, -0.15) is 0 Å². The van der Waals surface area contributed by atoms with Crippen LogP contribution in [-0.2, 0) is 0 Å². The molecule has 0 aliphatic rings. The fraction of sp³-hybridized carbons (Fsp3) is 0. The summed E-state index contributed by atoms with van der Waals surface area (Å²) in [6, 6.07) is 4.26. The molecule has 1 amide bonds. The van der Waals surface area contributed by atoms with E-state index in [0.29, 0.717) is 10.2 Å². The van der Waals surface area contributed by atoms with Crippen molar-refractivity contribution in [2.45, 2.75) is 0 Å². The van der Waals surface area contributed by atoms with Gasteiger partial charge < -0.3 is 5.32 Å². The molecule has 0 bridgehead atoms. The van der Waals surface area contributed by atoms with Crippen LogP contribution in [0.3, 0.4) is 0 Å². The number of amides is 1. The molecule has 0 saturated heterocycles. The Balaban J connectivity index is 2.15. The van der Waals surface area contributed by atoms with E-state index >= 15 is 0 Å². The Morgan fingerprint density at radius 2 is 2.24 bits per heavy atom. The van der Waals surface area contributed by atoms with Crippen LogP contribution in [0.1, 0.15) is 9.80 Å². The number of carbonyl (C=O) groups excluding carboxylic acids is 1. The molecule has 88 valence electrons. The first-order valence-corrected chi connectivity index (χ1v) is 6.30. The SMILES string of the molecule is O=C(Nc1ccc(Br)c(F)c1)c1nnc(Cl)s1. The third-order valence-electron chi connectivity index (χ3n) is 1.77. The lowest BCUT2D eigenvalue weighted by Crippen LogP contribution is -2.11. The van der Waals surface area contributed by atoms with Crippen LogP contribution in [0.4, 0.5) is 10.1 Å². The summed E-state index contributed by atoms with van der Waals surface area (Å²) < 4.78 is 13.7. The average Bonchev–Trinajstić information content (AvgIpc) is 2.70. The maximum atomic E-state index is 13.2. The van der Waals surface area contributed by atoms with Crippen LogP contribution in [-0.4, -0.2) is 16.1 Å². The van der Waals surface area contributed by atoms with Crippen molar-refractivity contribution in [3.8, 4) is 0 Å². The second kappa shape index (κ2) is 5.07. The van der Waals surface area contributed by atoms with Crippen molar-refractivity contribution >= 4 is 50.5 Å². The zero-order valence-corrected chi connectivity index (χ0v) is 11.2. The Kier molecular flexibility index (Phi) is 3.70. The summed E-state index contributed by atoms with van der Waals surface area (Å²) in [5.41, 5.74) is 0.335. The summed E-state index contributed by atoms with van der Waals surface area (Å²) in [6.07, 6.45) is 0. The van der Waals surface area contributed by atoms with E-state index in [9.17, 15) is 9.18 Å². The smallest absolute Gasteiger partial charge is 0.286 e. The van der Waals surface area contributed by atoms with Gasteiger partial charge in [-0.25, -0.2) is 4.39 Å². The Hall–Kier alpha value is -1.05. The lowest BCUT2D eigenvalue weighted by atomic mass is 10.3. The van der Waals surface area contributed by atoms with Crippen molar-refractivity contribution < 1.29 is 9.18 Å². The average molecular weight is 337 g/mol. The first kappa shape index (κ1) is 12.4. The number of nitrogens with zero attached hydrogens (tertiary/aromatic N) is 2. The summed E-state index contributed by atoms with van der Waals surface area (Å²) in [5, 5.41) is 9.69. The van der Waals surface area contributed by atoms with Crippen LogP contribution < -0.4 is 5.32 Å². The summed E-state index contributed by atoms with van der Waals surface area (Å²) >= 11 is 9.52. The first-order chi connectivity index (χ1) is 8.06. The highest BCUT2D eigenvalue weighted by Gasteiger charge is 2.12. The van der Waals surface area contributed by atoms with E-state index in [1.54, 1.807) is 6.07 Å². The van der Waals surface area contributed by atoms with Gasteiger partial charge in [-0.1, -0.05) is 11.3 Å². The van der Waals surface area contributed by atoms with Gasteiger partial charge in [-0.05, 0) is 45.7 Å². The van der Waals surface area contributed by atoms with Crippen molar-refractivity contribution in [2.24, 2.45) is 0 Å². The highest BCUT2D eigenvalue weighted by Crippen LogP contribution is 2.21. The van der Waals surface area contributed by atoms with Crippen molar-refractivity contribution in [1.82, 2.24) is 10.2 Å². The molecule has 0 unspecified atom stereocenters. The van der Waals surface area contributed by atoms with E-state index in [2.05, 4.69) is 31.4 Å². The van der Waals surface area contributed by atoms with Gasteiger partial charge in [0.25, 0.3) is 5.91 Å². The molecule has 1 heterocycles. The lowest BCUT2D eigenvalue weighted by Gasteiger charge is -2.03.